The minimum atomic E-state index is -0.337. The largest absolute Gasteiger partial charge is 0.323 e. The van der Waals surface area contributed by atoms with Crippen molar-refractivity contribution in [2.24, 2.45) is 0 Å². The normalized spacial score (nSPS) is 10.9. The molecule has 9 heteroatoms. The number of nitrogens with one attached hydrogen (secondary N) is 1. The summed E-state index contributed by atoms with van der Waals surface area (Å²) in [5.41, 5.74) is 0.371. The maximum Gasteiger partial charge on any atom is 0.261 e. The van der Waals surface area contributed by atoms with E-state index in [1.165, 1.54) is 23.0 Å². The van der Waals surface area contributed by atoms with Crippen LogP contribution in [0, 0.1) is 0 Å². The summed E-state index contributed by atoms with van der Waals surface area (Å²) in [4.78, 5) is 28.9. The number of benzene rings is 2. The van der Waals surface area contributed by atoms with E-state index in [1.54, 1.807) is 18.2 Å². The van der Waals surface area contributed by atoms with Gasteiger partial charge in [0, 0.05) is 18.0 Å². The van der Waals surface area contributed by atoms with Crippen LogP contribution >= 0.6 is 46.4 Å². The first-order valence-electron chi connectivity index (χ1n) is 7.45. The number of aryl methyl sites for hydroxylation is 1. The monoisotopic (exact) mass is 429 g/mol. The van der Waals surface area contributed by atoms with E-state index in [1.807, 2.05) is 0 Å². The number of aromatic nitrogens is 2. The van der Waals surface area contributed by atoms with Crippen LogP contribution in [-0.4, -0.2) is 15.5 Å². The van der Waals surface area contributed by atoms with Crippen molar-refractivity contribution in [1.29, 1.82) is 0 Å². The van der Waals surface area contributed by atoms with E-state index in [9.17, 15) is 9.59 Å². The zero-order chi connectivity index (χ0) is 18.8. The molecule has 0 aliphatic carbocycles. The van der Waals surface area contributed by atoms with Crippen molar-refractivity contribution in [2.75, 3.05) is 5.32 Å². The Morgan fingerprint density at radius 3 is 2.46 bits per heavy atom. The summed E-state index contributed by atoms with van der Waals surface area (Å²) >= 11 is 24.0. The molecule has 0 saturated heterocycles. The SMILES string of the molecule is O=C(CCn1cnc2c(Cl)cc(Cl)cc2c1=O)Nc1c(Cl)cccc1Cl. The van der Waals surface area contributed by atoms with Gasteiger partial charge in [0.15, 0.2) is 0 Å². The highest BCUT2D eigenvalue weighted by atomic mass is 35.5. The molecule has 0 aliphatic rings. The van der Waals surface area contributed by atoms with Gasteiger partial charge >= 0.3 is 0 Å². The van der Waals surface area contributed by atoms with E-state index >= 15 is 0 Å². The second-order valence-corrected chi connectivity index (χ2v) is 7.08. The Balaban J connectivity index is 1.79. The Morgan fingerprint density at radius 2 is 1.77 bits per heavy atom. The molecule has 26 heavy (non-hydrogen) atoms. The number of anilines is 1. The van der Waals surface area contributed by atoms with Crippen LogP contribution in [0.1, 0.15) is 6.42 Å². The highest BCUT2D eigenvalue weighted by molar-refractivity contribution is 6.40. The molecule has 0 saturated carbocycles. The average molecular weight is 431 g/mol. The first-order valence-corrected chi connectivity index (χ1v) is 8.96. The summed E-state index contributed by atoms with van der Waals surface area (Å²) in [5.74, 6) is -0.337. The third-order valence-electron chi connectivity index (χ3n) is 3.65. The molecule has 5 nitrogen and oxygen atoms in total. The molecule has 0 fully saturated rings. The minimum Gasteiger partial charge on any atom is -0.323 e. The van der Waals surface area contributed by atoms with Gasteiger partial charge < -0.3 is 5.32 Å². The van der Waals surface area contributed by atoms with E-state index in [2.05, 4.69) is 10.3 Å². The third-order valence-corrected chi connectivity index (χ3v) is 4.79. The van der Waals surface area contributed by atoms with Crippen LogP contribution in [0.15, 0.2) is 41.5 Å². The van der Waals surface area contributed by atoms with Crippen molar-refractivity contribution in [3.63, 3.8) is 0 Å². The second kappa shape index (κ2) is 7.84. The van der Waals surface area contributed by atoms with Gasteiger partial charge in [0.1, 0.15) is 0 Å². The van der Waals surface area contributed by atoms with Crippen LogP contribution < -0.4 is 10.9 Å². The summed E-state index contributed by atoms with van der Waals surface area (Å²) in [6.07, 6.45) is 1.38. The zero-order valence-corrected chi connectivity index (χ0v) is 16.1. The zero-order valence-electron chi connectivity index (χ0n) is 13.1. The molecule has 0 spiro atoms. The number of hydrogen-bond acceptors (Lipinski definition) is 3. The van der Waals surface area contributed by atoms with Gasteiger partial charge in [-0.3, -0.25) is 14.2 Å². The number of para-hydroxylation sites is 1. The van der Waals surface area contributed by atoms with Crippen LogP contribution in [-0.2, 0) is 11.3 Å². The number of nitrogens with zero attached hydrogens (tertiary/aromatic N) is 2. The summed E-state index contributed by atoms with van der Waals surface area (Å²) in [7, 11) is 0. The van der Waals surface area contributed by atoms with Crippen LogP contribution in [0.5, 0.6) is 0 Å². The highest BCUT2D eigenvalue weighted by Crippen LogP contribution is 2.30. The predicted molar refractivity (Wildman–Crippen MR) is 106 cm³/mol. The van der Waals surface area contributed by atoms with Gasteiger partial charge in [-0.25, -0.2) is 4.98 Å². The molecule has 0 atom stereocenters. The second-order valence-electron chi connectivity index (χ2n) is 5.42. The number of hydrogen-bond donors (Lipinski definition) is 1. The number of amides is 1. The van der Waals surface area contributed by atoms with Crippen LogP contribution in [0.2, 0.25) is 20.1 Å². The first kappa shape index (κ1) is 19.0. The van der Waals surface area contributed by atoms with Crippen molar-refractivity contribution in [3.05, 3.63) is 67.1 Å². The fourth-order valence-corrected chi connectivity index (χ4v) is 3.43. The van der Waals surface area contributed by atoms with Gasteiger partial charge in [0.05, 0.1) is 38.0 Å². The molecule has 1 N–H and O–H groups in total. The van der Waals surface area contributed by atoms with Crippen molar-refractivity contribution in [1.82, 2.24) is 9.55 Å². The summed E-state index contributed by atoms with van der Waals surface area (Å²) in [6.45, 7) is 0.125. The molecule has 0 unspecified atom stereocenters. The van der Waals surface area contributed by atoms with Gasteiger partial charge in [0.2, 0.25) is 5.91 Å². The van der Waals surface area contributed by atoms with E-state index in [-0.39, 0.29) is 24.4 Å². The van der Waals surface area contributed by atoms with Gasteiger partial charge in [-0.2, -0.15) is 0 Å². The van der Waals surface area contributed by atoms with E-state index in [4.69, 9.17) is 46.4 Å². The highest BCUT2D eigenvalue weighted by Gasteiger charge is 2.12. The molecule has 1 heterocycles. The fraction of sp³-hybridized carbons (Fsp3) is 0.118. The predicted octanol–water partition coefficient (Wildman–Crippen LogP) is 5.04. The lowest BCUT2D eigenvalue weighted by molar-refractivity contribution is -0.116. The van der Waals surface area contributed by atoms with Crippen LogP contribution in [0.3, 0.4) is 0 Å². The van der Waals surface area contributed by atoms with Crippen molar-refractivity contribution in [3.8, 4) is 0 Å². The van der Waals surface area contributed by atoms with Gasteiger partial charge in [-0.05, 0) is 24.3 Å². The Bertz CT molecular complexity index is 1050. The summed E-state index contributed by atoms with van der Waals surface area (Å²) in [5, 5.41) is 4.23. The summed E-state index contributed by atoms with van der Waals surface area (Å²) in [6, 6.07) is 7.93. The number of halogens is 4. The minimum absolute atomic E-state index is 0.0307. The number of fused-ring (bicyclic) bond motifs is 1. The maximum absolute atomic E-state index is 12.5. The van der Waals surface area contributed by atoms with Gasteiger partial charge in [0.25, 0.3) is 5.56 Å². The van der Waals surface area contributed by atoms with Crippen molar-refractivity contribution in [2.45, 2.75) is 13.0 Å². The molecule has 1 aromatic heterocycles. The Labute approximate surface area is 168 Å². The molecule has 1 amide bonds. The van der Waals surface area contributed by atoms with E-state index < -0.39 is 0 Å². The third kappa shape index (κ3) is 3.96. The molecule has 3 rings (SSSR count). The molecular weight excluding hydrogens is 420 g/mol. The standard InChI is InChI=1S/C17H11Cl4N3O2/c18-9-6-10-15(13(21)7-9)22-8-24(17(10)26)5-4-14(25)23-16-11(19)2-1-3-12(16)20/h1-3,6-8H,4-5H2,(H,23,25). The lowest BCUT2D eigenvalue weighted by Gasteiger charge is -2.10. The van der Waals surface area contributed by atoms with Crippen molar-refractivity contribution >= 4 is 68.9 Å². The lowest BCUT2D eigenvalue weighted by Crippen LogP contribution is -2.24. The van der Waals surface area contributed by atoms with Gasteiger partial charge in [-0.1, -0.05) is 52.5 Å². The molecule has 134 valence electrons. The quantitative estimate of drug-likeness (QED) is 0.630. The lowest BCUT2D eigenvalue weighted by atomic mass is 10.2. The molecule has 3 aromatic rings. The number of rotatable bonds is 4. The molecule has 0 radical (unpaired) electrons. The maximum atomic E-state index is 12.5. The smallest absolute Gasteiger partial charge is 0.261 e. The fourth-order valence-electron chi connectivity index (χ4n) is 2.40. The Hall–Kier alpha value is -1.79. The summed E-state index contributed by atoms with van der Waals surface area (Å²) < 4.78 is 1.32. The molecular formula is C17H11Cl4N3O2. The number of carbonyl (C=O) groups is 1. The Kier molecular flexibility index (Phi) is 5.73. The van der Waals surface area contributed by atoms with Crippen molar-refractivity contribution < 1.29 is 4.79 Å². The van der Waals surface area contributed by atoms with Crippen LogP contribution in [0.4, 0.5) is 5.69 Å². The number of carbonyl (C=O) groups excluding carboxylic acids is 1. The topological polar surface area (TPSA) is 64.0 Å². The van der Waals surface area contributed by atoms with Crippen LogP contribution in [0.25, 0.3) is 10.9 Å². The molecule has 0 aliphatic heterocycles. The molecule has 0 bridgehead atoms. The Morgan fingerprint density at radius 1 is 1.08 bits per heavy atom. The first-order chi connectivity index (χ1) is 12.4. The molecule has 2 aromatic carbocycles. The van der Waals surface area contributed by atoms with E-state index in [0.29, 0.717) is 36.7 Å². The van der Waals surface area contributed by atoms with E-state index in [0.717, 1.165) is 0 Å². The van der Waals surface area contributed by atoms with Gasteiger partial charge in [-0.15, -0.1) is 0 Å². The average Bonchev–Trinajstić information content (AvgIpc) is 2.58.